The van der Waals surface area contributed by atoms with Crippen LogP contribution in [0.15, 0.2) is 58.4 Å². The highest BCUT2D eigenvalue weighted by Crippen LogP contribution is 2.30. The van der Waals surface area contributed by atoms with E-state index in [0.29, 0.717) is 27.1 Å². The van der Waals surface area contributed by atoms with Crippen molar-refractivity contribution in [3.05, 3.63) is 64.8 Å². The maximum atomic E-state index is 13.0. The molecule has 1 aliphatic rings. The fraction of sp³-hybridized carbons (Fsp3) is 0.150. The number of thioether (sulfide) groups is 1. The Morgan fingerprint density at radius 1 is 1.21 bits per heavy atom. The quantitative estimate of drug-likeness (QED) is 0.592. The summed E-state index contributed by atoms with van der Waals surface area (Å²) in [6.07, 6.45) is 1.66. The highest BCUT2D eigenvalue weighted by atomic mass is 32.2. The van der Waals surface area contributed by atoms with Crippen molar-refractivity contribution >= 4 is 40.6 Å². The summed E-state index contributed by atoms with van der Waals surface area (Å²) in [5.74, 6) is -0.662. The van der Waals surface area contributed by atoms with Gasteiger partial charge in [-0.05, 0) is 55.1 Å². The van der Waals surface area contributed by atoms with Crippen molar-refractivity contribution in [1.82, 2.24) is 5.32 Å². The zero-order valence-corrected chi connectivity index (χ0v) is 15.8. The molecule has 1 fully saturated rings. The summed E-state index contributed by atoms with van der Waals surface area (Å²) in [6.45, 7) is 1.78. The number of aliphatic imine (C=N–C) groups is 1. The average molecular weight is 400 g/mol. The Labute approximate surface area is 165 Å². The standard InChI is InChI=1S/C20H17FN2O4S/c1-2-26-18(24)12-27-16-6-4-3-5-13(16)11-17-19(25)23-20(28-17)22-15-9-7-14(21)8-10-15/h3-11H,2,12H2,1H3,(H,22,23,25)/b17-11-. The minimum absolute atomic E-state index is 0.218. The van der Waals surface area contributed by atoms with Crippen LogP contribution in [-0.4, -0.2) is 30.3 Å². The molecule has 2 aromatic rings. The molecule has 2 aromatic carbocycles. The van der Waals surface area contributed by atoms with E-state index in [1.165, 1.54) is 24.3 Å². The zero-order valence-electron chi connectivity index (χ0n) is 15.0. The van der Waals surface area contributed by atoms with Crippen molar-refractivity contribution in [3.63, 3.8) is 0 Å². The lowest BCUT2D eigenvalue weighted by molar-refractivity contribution is -0.145. The molecule has 1 saturated heterocycles. The monoisotopic (exact) mass is 400 g/mol. The molecule has 1 heterocycles. The van der Waals surface area contributed by atoms with E-state index in [2.05, 4.69) is 10.3 Å². The topological polar surface area (TPSA) is 77.0 Å². The van der Waals surface area contributed by atoms with Gasteiger partial charge >= 0.3 is 5.97 Å². The molecule has 0 aromatic heterocycles. The molecule has 8 heteroatoms. The van der Waals surface area contributed by atoms with Crippen molar-refractivity contribution in [1.29, 1.82) is 0 Å². The molecule has 3 rings (SSSR count). The smallest absolute Gasteiger partial charge is 0.344 e. The number of nitrogens with zero attached hydrogens (tertiary/aromatic N) is 1. The maximum Gasteiger partial charge on any atom is 0.344 e. The molecule has 1 N–H and O–H groups in total. The Balaban J connectivity index is 1.75. The van der Waals surface area contributed by atoms with E-state index >= 15 is 0 Å². The average Bonchev–Trinajstić information content (AvgIpc) is 3.02. The van der Waals surface area contributed by atoms with Crippen LogP contribution in [0.5, 0.6) is 5.75 Å². The van der Waals surface area contributed by atoms with E-state index in [0.717, 1.165) is 11.8 Å². The Morgan fingerprint density at radius 3 is 2.71 bits per heavy atom. The molecule has 0 saturated carbocycles. The zero-order chi connectivity index (χ0) is 19.9. The van der Waals surface area contributed by atoms with E-state index in [-0.39, 0.29) is 24.9 Å². The van der Waals surface area contributed by atoms with E-state index < -0.39 is 5.97 Å². The van der Waals surface area contributed by atoms with Crippen molar-refractivity contribution in [2.24, 2.45) is 4.99 Å². The lowest BCUT2D eigenvalue weighted by Crippen LogP contribution is -2.19. The van der Waals surface area contributed by atoms with Gasteiger partial charge in [-0.25, -0.2) is 14.2 Å². The van der Waals surface area contributed by atoms with Crippen LogP contribution >= 0.6 is 11.8 Å². The van der Waals surface area contributed by atoms with Crippen LogP contribution in [0.4, 0.5) is 10.1 Å². The third-order valence-corrected chi connectivity index (χ3v) is 4.47. The molecule has 1 aliphatic heterocycles. The number of amides is 1. The molecular formula is C20H17FN2O4S. The van der Waals surface area contributed by atoms with E-state index in [4.69, 9.17) is 9.47 Å². The third-order valence-electron chi connectivity index (χ3n) is 3.56. The third kappa shape index (κ3) is 5.20. The number of nitrogens with one attached hydrogen (secondary N) is 1. The SMILES string of the molecule is CCOC(=O)COc1ccccc1/C=C1\SC(=Nc2ccc(F)cc2)NC1=O. The van der Waals surface area contributed by atoms with Crippen LogP contribution in [0, 0.1) is 5.82 Å². The Hall–Kier alpha value is -3.13. The molecule has 0 spiro atoms. The number of rotatable bonds is 6. The van der Waals surface area contributed by atoms with Gasteiger partial charge in [0.2, 0.25) is 0 Å². The first-order valence-corrected chi connectivity index (χ1v) is 9.29. The van der Waals surface area contributed by atoms with Crippen LogP contribution in [0.2, 0.25) is 0 Å². The minimum atomic E-state index is -0.466. The second kappa shape index (κ2) is 9.18. The number of carbonyl (C=O) groups excluding carboxylic acids is 2. The van der Waals surface area contributed by atoms with Crippen LogP contribution in [0.1, 0.15) is 12.5 Å². The minimum Gasteiger partial charge on any atom is -0.481 e. The van der Waals surface area contributed by atoms with Crippen molar-refractivity contribution in [3.8, 4) is 5.75 Å². The van der Waals surface area contributed by atoms with E-state index in [1.807, 2.05) is 0 Å². The normalized spacial score (nSPS) is 16.3. The number of carbonyl (C=O) groups is 2. The fourth-order valence-electron chi connectivity index (χ4n) is 2.33. The number of ether oxygens (including phenoxy) is 2. The van der Waals surface area contributed by atoms with Crippen LogP contribution in [-0.2, 0) is 14.3 Å². The van der Waals surface area contributed by atoms with Gasteiger partial charge in [0.15, 0.2) is 11.8 Å². The van der Waals surface area contributed by atoms with E-state index in [9.17, 15) is 14.0 Å². The molecule has 6 nitrogen and oxygen atoms in total. The molecule has 0 bridgehead atoms. The Morgan fingerprint density at radius 2 is 1.96 bits per heavy atom. The van der Waals surface area contributed by atoms with Crippen LogP contribution in [0.3, 0.4) is 0 Å². The predicted octanol–water partition coefficient (Wildman–Crippen LogP) is 3.66. The lowest BCUT2D eigenvalue weighted by Gasteiger charge is -2.08. The first kappa shape index (κ1) is 19.6. The molecule has 0 unspecified atom stereocenters. The second-order valence-electron chi connectivity index (χ2n) is 5.59. The summed E-state index contributed by atoms with van der Waals surface area (Å²) in [5, 5.41) is 3.07. The number of para-hydroxylation sites is 1. The lowest BCUT2D eigenvalue weighted by atomic mass is 10.2. The van der Waals surface area contributed by atoms with E-state index in [1.54, 1.807) is 37.3 Å². The number of amidine groups is 1. The molecule has 0 radical (unpaired) electrons. The van der Waals surface area contributed by atoms with Gasteiger partial charge < -0.3 is 14.8 Å². The summed E-state index contributed by atoms with van der Waals surface area (Å²) in [4.78, 5) is 28.4. The van der Waals surface area contributed by atoms with Gasteiger partial charge in [0.1, 0.15) is 11.6 Å². The Kier molecular flexibility index (Phi) is 6.44. The molecule has 28 heavy (non-hydrogen) atoms. The molecule has 144 valence electrons. The number of hydrogen-bond donors (Lipinski definition) is 1. The fourth-order valence-corrected chi connectivity index (χ4v) is 3.16. The summed E-state index contributed by atoms with van der Waals surface area (Å²) >= 11 is 1.16. The van der Waals surface area contributed by atoms with Gasteiger partial charge in [0, 0.05) is 5.56 Å². The maximum absolute atomic E-state index is 13.0. The highest BCUT2D eigenvalue weighted by molar-refractivity contribution is 8.18. The molecule has 1 amide bonds. The molecule has 0 atom stereocenters. The summed E-state index contributed by atoms with van der Waals surface area (Å²) in [6, 6.07) is 12.7. The van der Waals surface area contributed by atoms with Gasteiger partial charge in [-0.15, -0.1) is 0 Å². The van der Waals surface area contributed by atoms with Gasteiger partial charge in [0.25, 0.3) is 5.91 Å². The second-order valence-corrected chi connectivity index (χ2v) is 6.62. The highest BCUT2D eigenvalue weighted by Gasteiger charge is 2.24. The van der Waals surface area contributed by atoms with Crippen molar-refractivity contribution in [2.45, 2.75) is 6.92 Å². The first-order chi connectivity index (χ1) is 13.5. The molecular weight excluding hydrogens is 383 g/mol. The van der Waals surface area contributed by atoms with Crippen molar-refractivity contribution in [2.75, 3.05) is 13.2 Å². The Bertz CT molecular complexity index is 941. The summed E-state index contributed by atoms with van der Waals surface area (Å²) in [7, 11) is 0. The largest absolute Gasteiger partial charge is 0.481 e. The predicted molar refractivity (Wildman–Crippen MR) is 106 cm³/mol. The first-order valence-electron chi connectivity index (χ1n) is 8.48. The number of halogens is 1. The van der Waals surface area contributed by atoms with Gasteiger partial charge in [-0.2, -0.15) is 0 Å². The number of esters is 1. The summed E-state index contributed by atoms with van der Waals surface area (Å²) in [5.41, 5.74) is 1.18. The molecule has 0 aliphatic carbocycles. The van der Waals surface area contributed by atoms with Crippen LogP contribution in [0.25, 0.3) is 6.08 Å². The summed E-state index contributed by atoms with van der Waals surface area (Å²) < 4.78 is 23.3. The van der Waals surface area contributed by atoms with Gasteiger partial charge in [-0.1, -0.05) is 18.2 Å². The number of benzene rings is 2. The van der Waals surface area contributed by atoms with Crippen LogP contribution < -0.4 is 10.1 Å². The number of hydrogen-bond acceptors (Lipinski definition) is 6. The van der Waals surface area contributed by atoms with Crippen molar-refractivity contribution < 1.29 is 23.5 Å². The van der Waals surface area contributed by atoms with Gasteiger partial charge in [-0.3, -0.25) is 4.79 Å². The van der Waals surface area contributed by atoms with Gasteiger partial charge in [0.05, 0.1) is 17.2 Å².